The van der Waals surface area contributed by atoms with Gasteiger partial charge in [0, 0.05) is 4.47 Å². The highest BCUT2D eigenvalue weighted by molar-refractivity contribution is 9.10. The van der Waals surface area contributed by atoms with Crippen molar-refractivity contribution >= 4 is 27.8 Å². The first kappa shape index (κ1) is 14.6. The molecule has 0 heterocycles. The number of carbonyl (C=O) groups is 2. The van der Waals surface area contributed by atoms with Crippen molar-refractivity contribution in [3.05, 3.63) is 34.1 Å². The number of carboxylic acids is 1. The maximum atomic E-state index is 13.0. The Hall–Kier alpha value is -1.43. The van der Waals surface area contributed by atoms with Crippen LogP contribution < -0.4 is 5.32 Å². The quantitative estimate of drug-likeness (QED) is 0.877. The molecule has 1 amide bonds. The largest absolute Gasteiger partial charge is 0.480 e. The fraction of sp³-hybridized carbons (Fsp3) is 0.333. The van der Waals surface area contributed by atoms with Crippen LogP contribution in [0.2, 0.25) is 0 Å². The molecule has 0 aliphatic heterocycles. The first-order valence-corrected chi connectivity index (χ1v) is 6.23. The van der Waals surface area contributed by atoms with E-state index in [1.165, 1.54) is 12.1 Å². The van der Waals surface area contributed by atoms with Gasteiger partial charge in [-0.1, -0.05) is 13.3 Å². The van der Waals surface area contributed by atoms with Gasteiger partial charge in [0.25, 0.3) is 5.91 Å². The normalized spacial score (nSPS) is 11.9. The third-order valence-electron chi connectivity index (χ3n) is 2.35. The lowest BCUT2D eigenvalue weighted by molar-refractivity contribution is -0.139. The van der Waals surface area contributed by atoms with E-state index in [0.717, 1.165) is 6.07 Å². The van der Waals surface area contributed by atoms with Gasteiger partial charge in [-0.2, -0.15) is 0 Å². The van der Waals surface area contributed by atoms with Crippen molar-refractivity contribution in [1.82, 2.24) is 5.32 Å². The zero-order chi connectivity index (χ0) is 13.7. The summed E-state index contributed by atoms with van der Waals surface area (Å²) in [4.78, 5) is 22.7. The molecule has 0 aliphatic rings. The average Bonchev–Trinajstić information content (AvgIpc) is 2.31. The molecule has 4 nitrogen and oxygen atoms in total. The van der Waals surface area contributed by atoms with E-state index in [-0.39, 0.29) is 5.56 Å². The third-order valence-corrected chi connectivity index (χ3v) is 3.05. The second-order valence-corrected chi connectivity index (χ2v) is 4.63. The zero-order valence-corrected chi connectivity index (χ0v) is 11.3. The maximum Gasteiger partial charge on any atom is 0.326 e. The van der Waals surface area contributed by atoms with Crippen LogP contribution in [-0.4, -0.2) is 23.0 Å². The van der Waals surface area contributed by atoms with E-state index < -0.39 is 23.7 Å². The molecular weight excluding hydrogens is 305 g/mol. The minimum Gasteiger partial charge on any atom is -0.480 e. The smallest absolute Gasteiger partial charge is 0.326 e. The van der Waals surface area contributed by atoms with Gasteiger partial charge in [-0.15, -0.1) is 0 Å². The van der Waals surface area contributed by atoms with E-state index in [0.29, 0.717) is 17.3 Å². The second kappa shape index (κ2) is 6.49. The zero-order valence-electron chi connectivity index (χ0n) is 9.74. The van der Waals surface area contributed by atoms with E-state index in [1.807, 2.05) is 6.92 Å². The summed E-state index contributed by atoms with van der Waals surface area (Å²) in [6, 6.07) is 2.71. The highest BCUT2D eigenvalue weighted by atomic mass is 79.9. The number of aliphatic carboxylic acids is 1. The molecule has 0 spiro atoms. The molecule has 0 bridgehead atoms. The SMILES string of the molecule is CCC[C@@H](NC(=O)c1cc(F)ccc1Br)C(=O)O. The second-order valence-electron chi connectivity index (χ2n) is 3.78. The number of nitrogens with one attached hydrogen (secondary N) is 1. The van der Waals surface area contributed by atoms with Crippen molar-refractivity contribution in [3.63, 3.8) is 0 Å². The van der Waals surface area contributed by atoms with Gasteiger partial charge in [-0.05, 0) is 40.5 Å². The average molecular weight is 318 g/mol. The predicted octanol–water partition coefficient (Wildman–Crippen LogP) is 2.57. The number of benzene rings is 1. The van der Waals surface area contributed by atoms with Crippen LogP contribution >= 0.6 is 15.9 Å². The summed E-state index contributed by atoms with van der Waals surface area (Å²) >= 11 is 3.12. The molecule has 0 unspecified atom stereocenters. The summed E-state index contributed by atoms with van der Waals surface area (Å²) in [6.45, 7) is 1.82. The van der Waals surface area contributed by atoms with E-state index in [9.17, 15) is 14.0 Å². The molecule has 0 radical (unpaired) electrons. The van der Waals surface area contributed by atoms with Crippen molar-refractivity contribution in [2.45, 2.75) is 25.8 Å². The summed E-state index contributed by atoms with van der Waals surface area (Å²) in [7, 11) is 0. The van der Waals surface area contributed by atoms with E-state index in [4.69, 9.17) is 5.11 Å². The summed E-state index contributed by atoms with van der Waals surface area (Å²) < 4.78 is 13.5. The summed E-state index contributed by atoms with van der Waals surface area (Å²) in [6.07, 6.45) is 0.954. The molecule has 1 atom stereocenters. The van der Waals surface area contributed by atoms with Gasteiger partial charge in [0.1, 0.15) is 11.9 Å². The van der Waals surface area contributed by atoms with Crippen LogP contribution in [0.4, 0.5) is 4.39 Å². The fourth-order valence-electron chi connectivity index (χ4n) is 1.45. The van der Waals surface area contributed by atoms with E-state index in [1.54, 1.807) is 0 Å². The van der Waals surface area contributed by atoms with E-state index in [2.05, 4.69) is 21.2 Å². The molecule has 0 aliphatic carbocycles. The predicted molar refractivity (Wildman–Crippen MR) is 67.9 cm³/mol. The molecule has 0 saturated heterocycles. The van der Waals surface area contributed by atoms with Gasteiger partial charge in [0.2, 0.25) is 0 Å². The topological polar surface area (TPSA) is 66.4 Å². The Morgan fingerprint density at radius 1 is 1.50 bits per heavy atom. The van der Waals surface area contributed by atoms with Crippen molar-refractivity contribution < 1.29 is 19.1 Å². The Morgan fingerprint density at radius 3 is 2.72 bits per heavy atom. The Balaban J connectivity index is 2.86. The van der Waals surface area contributed by atoms with Gasteiger partial charge in [-0.3, -0.25) is 4.79 Å². The molecule has 1 rings (SSSR count). The van der Waals surface area contributed by atoms with Gasteiger partial charge in [0.05, 0.1) is 5.56 Å². The Kier molecular flexibility index (Phi) is 5.27. The van der Waals surface area contributed by atoms with Crippen LogP contribution in [-0.2, 0) is 4.79 Å². The summed E-state index contributed by atoms with van der Waals surface area (Å²) in [5.41, 5.74) is 0.0809. The molecule has 0 fully saturated rings. The highest BCUT2D eigenvalue weighted by Gasteiger charge is 2.21. The minimum atomic E-state index is -1.10. The highest BCUT2D eigenvalue weighted by Crippen LogP contribution is 2.18. The van der Waals surface area contributed by atoms with Crippen molar-refractivity contribution in [3.8, 4) is 0 Å². The lowest BCUT2D eigenvalue weighted by Crippen LogP contribution is -2.40. The molecule has 1 aromatic rings. The third kappa shape index (κ3) is 3.80. The standard InChI is InChI=1S/C12H13BrFNO3/c1-2-3-10(12(17)18)15-11(16)8-6-7(14)4-5-9(8)13/h4-6,10H,2-3H2,1H3,(H,15,16)(H,17,18)/t10-/m1/s1. The van der Waals surface area contributed by atoms with Crippen molar-refractivity contribution in [2.75, 3.05) is 0 Å². The van der Waals surface area contributed by atoms with Crippen LogP contribution in [0.3, 0.4) is 0 Å². The minimum absolute atomic E-state index is 0.0809. The van der Waals surface area contributed by atoms with Crippen LogP contribution in [0.15, 0.2) is 22.7 Å². The first-order valence-electron chi connectivity index (χ1n) is 5.44. The maximum absolute atomic E-state index is 13.0. The van der Waals surface area contributed by atoms with E-state index >= 15 is 0 Å². The fourth-order valence-corrected chi connectivity index (χ4v) is 1.88. The van der Waals surface area contributed by atoms with Crippen LogP contribution in [0.5, 0.6) is 0 Å². The van der Waals surface area contributed by atoms with Gasteiger partial charge in [-0.25, -0.2) is 9.18 Å². The molecule has 0 aromatic heterocycles. The molecular formula is C12H13BrFNO3. The van der Waals surface area contributed by atoms with Gasteiger partial charge < -0.3 is 10.4 Å². The lowest BCUT2D eigenvalue weighted by Gasteiger charge is -2.14. The number of hydrogen-bond donors (Lipinski definition) is 2. The lowest BCUT2D eigenvalue weighted by atomic mass is 10.1. The van der Waals surface area contributed by atoms with Crippen LogP contribution in [0.25, 0.3) is 0 Å². The van der Waals surface area contributed by atoms with Gasteiger partial charge in [0.15, 0.2) is 0 Å². The Bertz CT molecular complexity index is 465. The molecule has 98 valence electrons. The number of halogens is 2. The Morgan fingerprint density at radius 2 is 2.17 bits per heavy atom. The number of amides is 1. The molecule has 6 heteroatoms. The Labute approximate surface area is 112 Å². The van der Waals surface area contributed by atoms with Crippen LogP contribution in [0, 0.1) is 5.82 Å². The number of hydrogen-bond acceptors (Lipinski definition) is 2. The number of carbonyl (C=O) groups excluding carboxylic acids is 1. The molecule has 0 saturated carbocycles. The number of rotatable bonds is 5. The molecule has 18 heavy (non-hydrogen) atoms. The molecule has 1 aromatic carbocycles. The summed E-state index contributed by atoms with van der Waals surface area (Å²) in [5, 5.41) is 11.3. The van der Waals surface area contributed by atoms with Crippen molar-refractivity contribution in [1.29, 1.82) is 0 Å². The monoisotopic (exact) mass is 317 g/mol. The van der Waals surface area contributed by atoms with Gasteiger partial charge >= 0.3 is 5.97 Å². The van der Waals surface area contributed by atoms with Crippen LogP contribution in [0.1, 0.15) is 30.1 Å². The number of carboxylic acid groups (broad SMARTS) is 1. The first-order chi connectivity index (χ1) is 8.45. The summed E-state index contributed by atoms with van der Waals surface area (Å²) in [5.74, 6) is -2.26. The molecule has 2 N–H and O–H groups in total. The van der Waals surface area contributed by atoms with Crippen molar-refractivity contribution in [2.24, 2.45) is 0 Å².